The standard InChI is InChI=1S/C28H20N8/c1-17-13-21(9-11-30-17)33-26-8-7-25-28(35-26)36-27(34-25)19-3-2-4-20(15-19)32-24-10-12-31-23-6-5-18(16-29)14-22(23)24/h2-15H,1H3,(H,31,32)(H2,30,33,34,35,36). The number of nitriles is 1. The molecule has 0 fully saturated rings. The highest BCUT2D eigenvalue weighted by Gasteiger charge is 2.10. The molecule has 8 nitrogen and oxygen atoms in total. The second kappa shape index (κ2) is 8.81. The van der Waals surface area contributed by atoms with Crippen LogP contribution in [0.25, 0.3) is 33.5 Å². The summed E-state index contributed by atoms with van der Waals surface area (Å²) in [6.07, 6.45) is 3.52. The molecule has 8 heteroatoms. The van der Waals surface area contributed by atoms with Gasteiger partial charge in [-0.05, 0) is 67.6 Å². The van der Waals surface area contributed by atoms with Crippen LogP contribution in [-0.2, 0) is 0 Å². The van der Waals surface area contributed by atoms with Gasteiger partial charge in [0.05, 0.1) is 22.7 Å². The number of aromatic amines is 1. The second-order valence-electron chi connectivity index (χ2n) is 8.37. The first kappa shape index (κ1) is 21.3. The molecule has 3 N–H and O–H groups in total. The Morgan fingerprint density at radius 1 is 0.833 bits per heavy atom. The molecule has 0 unspecified atom stereocenters. The number of pyridine rings is 3. The lowest BCUT2D eigenvalue weighted by Gasteiger charge is -2.10. The fourth-order valence-electron chi connectivity index (χ4n) is 4.09. The molecule has 0 aliphatic rings. The molecule has 2 aromatic carbocycles. The highest BCUT2D eigenvalue weighted by atomic mass is 15.1. The van der Waals surface area contributed by atoms with Gasteiger partial charge in [0.15, 0.2) is 5.65 Å². The summed E-state index contributed by atoms with van der Waals surface area (Å²) in [7, 11) is 0. The summed E-state index contributed by atoms with van der Waals surface area (Å²) in [5.74, 6) is 1.44. The van der Waals surface area contributed by atoms with E-state index in [0.29, 0.717) is 17.0 Å². The van der Waals surface area contributed by atoms with Crippen molar-refractivity contribution in [2.75, 3.05) is 10.6 Å². The lowest BCUT2D eigenvalue weighted by atomic mass is 10.1. The van der Waals surface area contributed by atoms with Gasteiger partial charge in [0, 0.05) is 46.1 Å². The summed E-state index contributed by atoms with van der Waals surface area (Å²) in [4.78, 5) is 21.4. The van der Waals surface area contributed by atoms with Crippen LogP contribution in [0.5, 0.6) is 0 Å². The highest BCUT2D eigenvalue weighted by Crippen LogP contribution is 2.29. The van der Waals surface area contributed by atoms with Gasteiger partial charge < -0.3 is 15.6 Å². The van der Waals surface area contributed by atoms with E-state index in [1.807, 2.05) is 73.7 Å². The summed E-state index contributed by atoms with van der Waals surface area (Å²) in [6, 6.07) is 25.3. The van der Waals surface area contributed by atoms with Gasteiger partial charge in [-0.25, -0.2) is 9.97 Å². The van der Waals surface area contributed by atoms with Crippen LogP contribution in [0.3, 0.4) is 0 Å². The number of hydrogen-bond acceptors (Lipinski definition) is 7. The molecule has 0 saturated carbocycles. The average Bonchev–Trinajstić information content (AvgIpc) is 3.32. The Hall–Kier alpha value is -5.29. The van der Waals surface area contributed by atoms with Crippen molar-refractivity contribution < 1.29 is 0 Å². The van der Waals surface area contributed by atoms with E-state index in [2.05, 4.69) is 36.6 Å². The molecule has 0 amide bonds. The molecule has 0 aliphatic heterocycles. The molecule has 36 heavy (non-hydrogen) atoms. The van der Waals surface area contributed by atoms with E-state index < -0.39 is 0 Å². The van der Waals surface area contributed by atoms with Gasteiger partial charge in [0.25, 0.3) is 0 Å². The summed E-state index contributed by atoms with van der Waals surface area (Å²) >= 11 is 0. The first-order valence-electron chi connectivity index (χ1n) is 11.4. The third kappa shape index (κ3) is 4.17. The molecule has 0 spiro atoms. The topological polar surface area (TPSA) is 115 Å². The second-order valence-corrected chi connectivity index (χ2v) is 8.37. The molecule has 4 heterocycles. The van der Waals surface area contributed by atoms with Crippen molar-refractivity contribution in [3.05, 3.63) is 96.4 Å². The van der Waals surface area contributed by atoms with E-state index in [1.54, 1.807) is 18.5 Å². The van der Waals surface area contributed by atoms with Gasteiger partial charge in [0.2, 0.25) is 0 Å². The lowest BCUT2D eigenvalue weighted by Crippen LogP contribution is -1.94. The van der Waals surface area contributed by atoms with E-state index in [1.165, 1.54) is 0 Å². The number of nitrogens with one attached hydrogen (secondary N) is 3. The zero-order chi connectivity index (χ0) is 24.5. The number of benzene rings is 2. The number of nitrogens with zero attached hydrogens (tertiary/aromatic N) is 5. The predicted octanol–water partition coefficient (Wildman–Crippen LogP) is 6.24. The Balaban J connectivity index is 1.29. The molecule has 0 bridgehead atoms. The first-order valence-corrected chi connectivity index (χ1v) is 11.4. The largest absolute Gasteiger partial charge is 0.355 e. The van der Waals surface area contributed by atoms with Crippen LogP contribution in [-0.4, -0.2) is 24.9 Å². The average molecular weight is 469 g/mol. The Kier molecular flexibility index (Phi) is 5.20. The van der Waals surface area contributed by atoms with Crippen LogP contribution in [0.1, 0.15) is 11.3 Å². The summed E-state index contributed by atoms with van der Waals surface area (Å²) in [5.41, 5.74) is 7.45. The monoisotopic (exact) mass is 468 g/mol. The highest BCUT2D eigenvalue weighted by molar-refractivity contribution is 5.94. The molecule has 0 aliphatic carbocycles. The van der Waals surface area contributed by atoms with Crippen LogP contribution in [0.15, 0.2) is 85.2 Å². The summed E-state index contributed by atoms with van der Waals surface area (Å²) in [6.45, 7) is 1.95. The smallest absolute Gasteiger partial charge is 0.180 e. The van der Waals surface area contributed by atoms with Crippen LogP contribution in [0.2, 0.25) is 0 Å². The molecular weight excluding hydrogens is 448 g/mol. The minimum atomic E-state index is 0.593. The van der Waals surface area contributed by atoms with Gasteiger partial charge in [-0.3, -0.25) is 9.97 Å². The van der Waals surface area contributed by atoms with Crippen molar-refractivity contribution in [2.24, 2.45) is 0 Å². The molecule has 0 radical (unpaired) electrons. The van der Waals surface area contributed by atoms with Crippen LogP contribution in [0, 0.1) is 18.3 Å². The number of imidazole rings is 1. The number of hydrogen-bond donors (Lipinski definition) is 3. The Labute approximate surface area is 206 Å². The number of rotatable bonds is 5. The number of aryl methyl sites for hydroxylation is 1. The normalized spacial score (nSPS) is 10.9. The quantitative estimate of drug-likeness (QED) is 0.274. The van der Waals surface area contributed by atoms with Crippen LogP contribution >= 0.6 is 0 Å². The van der Waals surface area contributed by atoms with E-state index in [-0.39, 0.29) is 0 Å². The van der Waals surface area contributed by atoms with Crippen molar-refractivity contribution in [3.63, 3.8) is 0 Å². The fraction of sp³-hybridized carbons (Fsp3) is 0.0357. The van der Waals surface area contributed by atoms with E-state index in [4.69, 9.17) is 4.98 Å². The maximum Gasteiger partial charge on any atom is 0.180 e. The van der Waals surface area contributed by atoms with Gasteiger partial charge in [-0.2, -0.15) is 5.26 Å². The summed E-state index contributed by atoms with van der Waals surface area (Å²) in [5, 5.41) is 16.9. The van der Waals surface area contributed by atoms with Gasteiger partial charge in [0.1, 0.15) is 11.6 Å². The lowest BCUT2D eigenvalue weighted by molar-refractivity contribution is 1.20. The first-order chi connectivity index (χ1) is 17.6. The minimum Gasteiger partial charge on any atom is -0.355 e. The van der Waals surface area contributed by atoms with Gasteiger partial charge >= 0.3 is 0 Å². The van der Waals surface area contributed by atoms with Gasteiger partial charge in [-0.15, -0.1) is 0 Å². The molecule has 0 saturated heterocycles. The van der Waals surface area contributed by atoms with Crippen molar-refractivity contribution in [1.29, 1.82) is 5.26 Å². The molecular formula is C28H20N8. The number of H-pyrrole nitrogens is 1. The third-order valence-corrected chi connectivity index (χ3v) is 5.80. The van der Waals surface area contributed by atoms with Crippen molar-refractivity contribution in [1.82, 2.24) is 24.9 Å². The SMILES string of the molecule is Cc1cc(Nc2ccc3[nH]c(-c4cccc(Nc5ccnc6ccc(C#N)cc56)c4)nc3n2)ccn1. The van der Waals surface area contributed by atoms with E-state index in [0.717, 1.165) is 50.6 Å². The maximum atomic E-state index is 9.29. The maximum absolute atomic E-state index is 9.29. The van der Waals surface area contributed by atoms with Crippen molar-refractivity contribution >= 4 is 44.9 Å². The Bertz CT molecular complexity index is 1780. The third-order valence-electron chi connectivity index (χ3n) is 5.80. The molecule has 6 aromatic rings. The molecule has 6 rings (SSSR count). The van der Waals surface area contributed by atoms with Crippen molar-refractivity contribution in [3.8, 4) is 17.5 Å². The summed E-state index contributed by atoms with van der Waals surface area (Å²) < 4.78 is 0. The molecule has 172 valence electrons. The van der Waals surface area contributed by atoms with Crippen LogP contribution < -0.4 is 10.6 Å². The zero-order valence-corrected chi connectivity index (χ0v) is 19.3. The van der Waals surface area contributed by atoms with Crippen molar-refractivity contribution in [2.45, 2.75) is 6.92 Å². The van der Waals surface area contributed by atoms with Gasteiger partial charge in [-0.1, -0.05) is 12.1 Å². The number of anilines is 4. The Morgan fingerprint density at radius 3 is 2.61 bits per heavy atom. The number of fused-ring (bicyclic) bond motifs is 2. The fourth-order valence-corrected chi connectivity index (χ4v) is 4.09. The zero-order valence-electron chi connectivity index (χ0n) is 19.3. The van der Waals surface area contributed by atoms with E-state index >= 15 is 0 Å². The number of aromatic nitrogens is 5. The van der Waals surface area contributed by atoms with E-state index in [9.17, 15) is 5.26 Å². The molecule has 4 aromatic heterocycles. The minimum absolute atomic E-state index is 0.593. The Morgan fingerprint density at radius 2 is 1.72 bits per heavy atom. The predicted molar refractivity (Wildman–Crippen MR) is 141 cm³/mol. The van der Waals surface area contributed by atoms with Crippen LogP contribution in [0.4, 0.5) is 22.9 Å². The molecule has 0 atom stereocenters.